The molecule has 74 valence electrons. The number of benzene rings is 1. The number of carbonyl (C=O) groups is 1. The van der Waals surface area contributed by atoms with Crippen molar-refractivity contribution in [2.45, 2.75) is 19.4 Å². The molecule has 1 rings (SSSR count). The molecule has 1 aromatic carbocycles. The third kappa shape index (κ3) is 3.42. The van der Waals surface area contributed by atoms with Crippen molar-refractivity contribution in [2.24, 2.45) is 4.99 Å². The zero-order valence-electron chi connectivity index (χ0n) is 8.20. The molecule has 0 aliphatic rings. The first-order valence-corrected chi connectivity index (χ1v) is 5.10. The van der Waals surface area contributed by atoms with Crippen LogP contribution < -0.4 is 0 Å². The summed E-state index contributed by atoms with van der Waals surface area (Å²) in [4.78, 5) is 14.8. The van der Waals surface area contributed by atoms with Crippen molar-refractivity contribution in [3.8, 4) is 0 Å². The largest absolute Gasteiger partial charge is 0.301 e. The molecule has 0 unspecified atom stereocenters. The third-order valence-corrected chi connectivity index (χ3v) is 2.18. The predicted octanol–water partition coefficient (Wildman–Crippen LogP) is 2.85. The minimum atomic E-state index is -0.637. The molecule has 0 aliphatic carbocycles. The van der Waals surface area contributed by atoms with Gasteiger partial charge in [-0.25, -0.2) is 0 Å². The van der Waals surface area contributed by atoms with Crippen LogP contribution in [0.2, 0.25) is 0 Å². The van der Waals surface area contributed by atoms with E-state index in [4.69, 9.17) is 0 Å². The molecule has 0 bridgehead atoms. The molecule has 0 heterocycles. The third-order valence-electron chi connectivity index (χ3n) is 1.68. The van der Waals surface area contributed by atoms with E-state index in [9.17, 15) is 4.79 Å². The highest BCUT2D eigenvalue weighted by molar-refractivity contribution is 9.10. The van der Waals surface area contributed by atoms with Gasteiger partial charge in [0.1, 0.15) is 11.8 Å². The van der Waals surface area contributed by atoms with E-state index in [1.165, 1.54) is 0 Å². The maximum atomic E-state index is 10.6. The molecule has 0 fully saturated rings. The lowest BCUT2D eigenvalue weighted by molar-refractivity contribution is -0.111. The van der Waals surface area contributed by atoms with E-state index in [0.29, 0.717) is 0 Å². The number of nitrogens with zero attached hydrogens (tertiary/aromatic N) is 1. The molecular weight excluding hydrogens is 242 g/mol. The van der Waals surface area contributed by atoms with Crippen molar-refractivity contribution in [2.75, 3.05) is 0 Å². The number of rotatable bonds is 3. The van der Waals surface area contributed by atoms with Crippen LogP contribution in [0.15, 0.2) is 33.7 Å². The van der Waals surface area contributed by atoms with Gasteiger partial charge in [0, 0.05) is 10.7 Å². The van der Waals surface area contributed by atoms with Gasteiger partial charge in [0.25, 0.3) is 0 Å². The Hall–Kier alpha value is -0.960. The van der Waals surface area contributed by atoms with Crippen LogP contribution in [0.4, 0.5) is 0 Å². The number of aldehydes is 1. The van der Waals surface area contributed by atoms with Crippen molar-refractivity contribution in [3.63, 3.8) is 0 Å². The summed E-state index contributed by atoms with van der Waals surface area (Å²) in [5.41, 5.74) is 0.344. The second kappa shape index (κ2) is 4.51. The molecule has 0 N–H and O–H groups in total. The molecule has 0 atom stereocenters. The first-order chi connectivity index (χ1) is 6.53. The van der Waals surface area contributed by atoms with Gasteiger partial charge in [-0.05, 0) is 31.5 Å². The van der Waals surface area contributed by atoms with Crippen LogP contribution in [0.25, 0.3) is 0 Å². The Bertz CT molecular complexity index is 358. The van der Waals surface area contributed by atoms with Crippen molar-refractivity contribution < 1.29 is 4.79 Å². The van der Waals surface area contributed by atoms with Crippen LogP contribution >= 0.6 is 15.9 Å². The van der Waals surface area contributed by atoms with Crippen LogP contribution in [0.3, 0.4) is 0 Å². The minimum Gasteiger partial charge on any atom is -0.301 e. The maximum absolute atomic E-state index is 10.6. The minimum absolute atomic E-state index is 0.637. The average Bonchev–Trinajstić information content (AvgIpc) is 2.15. The molecule has 1 aromatic rings. The van der Waals surface area contributed by atoms with Crippen molar-refractivity contribution in [1.29, 1.82) is 0 Å². The summed E-state index contributed by atoms with van der Waals surface area (Å²) >= 11 is 3.37. The lowest BCUT2D eigenvalue weighted by atomic mass is 10.1. The highest BCUT2D eigenvalue weighted by atomic mass is 79.9. The molecule has 0 aromatic heterocycles. The molecule has 14 heavy (non-hydrogen) atoms. The van der Waals surface area contributed by atoms with Crippen LogP contribution in [-0.4, -0.2) is 18.0 Å². The molecule has 0 saturated carbocycles. The summed E-state index contributed by atoms with van der Waals surface area (Å²) in [7, 11) is 0. The fraction of sp³-hybridized carbons (Fsp3) is 0.273. The Labute approximate surface area is 92.2 Å². The Kier molecular flexibility index (Phi) is 3.58. The van der Waals surface area contributed by atoms with Gasteiger partial charge in [-0.3, -0.25) is 4.99 Å². The number of hydrogen-bond donors (Lipinski definition) is 0. The van der Waals surface area contributed by atoms with Crippen LogP contribution in [0, 0.1) is 0 Å². The molecule has 0 aliphatic heterocycles. The van der Waals surface area contributed by atoms with E-state index >= 15 is 0 Å². The van der Waals surface area contributed by atoms with E-state index in [1.54, 1.807) is 20.1 Å². The lowest BCUT2D eigenvalue weighted by Crippen LogP contribution is -2.18. The topological polar surface area (TPSA) is 29.4 Å². The highest BCUT2D eigenvalue weighted by Crippen LogP contribution is 2.11. The first kappa shape index (κ1) is 11.1. The molecule has 0 spiro atoms. The quantitative estimate of drug-likeness (QED) is 0.602. The van der Waals surface area contributed by atoms with E-state index in [-0.39, 0.29) is 0 Å². The average molecular weight is 254 g/mol. The van der Waals surface area contributed by atoms with E-state index in [0.717, 1.165) is 16.3 Å². The van der Waals surface area contributed by atoms with Gasteiger partial charge >= 0.3 is 0 Å². The van der Waals surface area contributed by atoms with Crippen molar-refractivity contribution in [1.82, 2.24) is 0 Å². The van der Waals surface area contributed by atoms with E-state index in [2.05, 4.69) is 20.9 Å². The molecule has 3 heteroatoms. The molecular formula is C11H12BrNO. The van der Waals surface area contributed by atoms with Gasteiger partial charge in [0.2, 0.25) is 0 Å². The summed E-state index contributed by atoms with van der Waals surface area (Å²) in [5.74, 6) is 0. The summed E-state index contributed by atoms with van der Waals surface area (Å²) in [5, 5.41) is 0. The van der Waals surface area contributed by atoms with Crippen molar-refractivity contribution in [3.05, 3.63) is 34.3 Å². The maximum Gasteiger partial charge on any atom is 0.146 e. The van der Waals surface area contributed by atoms with Crippen LogP contribution in [-0.2, 0) is 4.79 Å². The summed E-state index contributed by atoms with van der Waals surface area (Å²) in [6, 6.07) is 7.76. The van der Waals surface area contributed by atoms with Gasteiger partial charge in [-0.15, -0.1) is 0 Å². The van der Waals surface area contributed by atoms with Gasteiger partial charge < -0.3 is 4.79 Å². The van der Waals surface area contributed by atoms with Crippen LogP contribution in [0.5, 0.6) is 0 Å². The lowest BCUT2D eigenvalue weighted by Gasteiger charge is -2.08. The molecule has 0 saturated heterocycles. The molecule has 0 amide bonds. The Morgan fingerprint density at radius 3 is 2.71 bits per heavy atom. The normalized spacial score (nSPS) is 11.9. The zero-order chi connectivity index (χ0) is 10.6. The zero-order valence-corrected chi connectivity index (χ0v) is 9.78. The number of aliphatic imine (C=N–C) groups is 1. The number of halogens is 1. The number of hydrogen-bond acceptors (Lipinski definition) is 2. The van der Waals surface area contributed by atoms with Gasteiger partial charge in [0.05, 0.1) is 0 Å². The monoisotopic (exact) mass is 253 g/mol. The van der Waals surface area contributed by atoms with Gasteiger partial charge in [-0.2, -0.15) is 0 Å². The smallest absolute Gasteiger partial charge is 0.146 e. The number of carbonyl (C=O) groups excluding carboxylic acids is 1. The van der Waals surface area contributed by atoms with Gasteiger partial charge in [0.15, 0.2) is 0 Å². The molecule has 2 nitrogen and oxygen atoms in total. The van der Waals surface area contributed by atoms with Crippen LogP contribution in [0.1, 0.15) is 19.4 Å². The highest BCUT2D eigenvalue weighted by Gasteiger charge is 2.12. The Balaban J connectivity index is 2.83. The fourth-order valence-electron chi connectivity index (χ4n) is 0.858. The van der Waals surface area contributed by atoms with E-state index in [1.807, 2.05) is 24.3 Å². The SMILES string of the molecule is CC(C)(C=O)N=Cc1cccc(Br)c1. The second-order valence-electron chi connectivity index (χ2n) is 3.58. The first-order valence-electron chi connectivity index (χ1n) is 4.31. The van der Waals surface area contributed by atoms with Crippen molar-refractivity contribution >= 4 is 28.4 Å². The summed E-state index contributed by atoms with van der Waals surface area (Å²) in [6.07, 6.45) is 2.54. The van der Waals surface area contributed by atoms with E-state index < -0.39 is 5.54 Å². The Morgan fingerprint density at radius 1 is 1.43 bits per heavy atom. The fourth-order valence-corrected chi connectivity index (χ4v) is 1.28. The summed E-state index contributed by atoms with van der Waals surface area (Å²) in [6.45, 7) is 3.54. The summed E-state index contributed by atoms with van der Waals surface area (Å²) < 4.78 is 1.00. The Morgan fingerprint density at radius 2 is 2.14 bits per heavy atom. The second-order valence-corrected chi connectivity index (χ2v) is 4.50. The molecule has 0 radical (unpaired) electrons. The predicted molar refractivity (Wildman–Crippen MR) is 61.9 cm³/mol. The standard InChI is InChI=1S/C11H12BrNO/c1-11(2,8-14)13-7-9-4-3-5-10(12)6-9/h3-8H,1-2H3. The van der Waals surface area contributed by atoms with Gasteiger partial charge in [-0.1, -0.05) is 28.1 Å².